The fraction of sp³-hybridized carbons (Fsp3) is 1.00. The first-order valence-electron chi connectivity index (χ1n) is 5.02. The van der Waals surface area contributed by atoms with Crippen molar-refractivity contribution in [3.63, 3.8) is 0 Å². The summed E-state index contributed by atoms with van der Waals surface area (Å²) in [6.45, 7) is 6.90. The van der Waals surface area contributed by atoms with Crippen LogP contribution in [0.1, 0.15) is 40.0 Å². The molecule has 0 bridgehead atoms. The normalized spacial score (nSPS) is 25.0. The van der Waals surface area contributed by atoms with Gasteiger partial charge in [0.2, 0.25) is 0 Å². The highest BCUT2D eigenvalue weighted by atomic mass is 16.3. The Morgan fingerprint density at radius 3 is 2.58 bits per heavy atom. The maximum Gasteiger partial charge on any atom is 0.0768 e. The van der Waals surface area contributed by atoms with Crippen LogP contribution in [0, 0.1) is 5.92 Å². The molecule has 0 spiro atoms. The van der Waals surface area contributed by atoms with E-state index in [9.17, 15) is 5.11 Å². The van der Waals surface area contributed by atoms with Crippen molar-refractivity contribution < 1.29 is 5.11 Å². The molecule has 2 heteroatoms. The molecule has 0 aromatic rings. The number of hydrogen-bond donors (Lipinski definition) is 2. The molecule has 1 saturated carbocycles. The van der Waals surface area contributed by atoms with Gasteiger partial charge in [-0.05, 0) is 25.7 Å². The van der Waals surface area contributed by atoms with Crippen molar-refractivity contribution in [2.45, 2.75) is 51.7 Å². The van der Waals surface area contributed by atoms with Crippen LogP contribution in [-0.4, -0.2) is 23.3 Å². The molecule has 1 aliphatic carbocycles. The monoisotopic (exact) mass is 171 g/mol. The zero-order valence-corrected chi connectivity index (χ0v) is 8.43. The fourth-order valence-corrected chi connectivity index (χ4v) is 1.25. The largest absolute Gasteiger partial charge is 0.389 e. The number of hydrogen-bond acceptors (Lipinski definition) is 2. The minimum Gasteiger partial charge on any atom is -0.389 e. The van der Waals surface area contributed by atoms with E-state index < -0.39 is 5.60 Å². The van der Waals surface area contributed by atoms with Crippen molar-refractivity contribution in [2.75, 3.05) is 6.54 Å². The maximum absolute atomic E-state index is 10.00. The second kappa shape index (κ2) is 3.75. The lowest BCUT2D eigenvalue weighted by Crippen LogP contribution is -2.43. The van der Waals surface area contributed by atoms with E-state index in [0.717, 1.165) is 13.0 Å². The summed E-state index contributed by atoms with van der Waals surface area (Å²) in [7, 11) is 0. The average Bonchev–Trinajstić information content (AvgIpc) is 2.82. The highest BCUT2D eigenvalue weighted by molar-refractivity contribution is 4.87. The summed E-state index contributed by atoms with van der Waals surface area (Å²) >= 11 is 0. The smallest absolute Gasteiger partial charge is 0.0768 e. The predicted octanol–water partition coefficient (Wildman–Crippen LogP) is 1.54. The summed E-state index contributed by atoms with van der Waals surface area (Å²) in [5, 5.41) is 13.4. The lowest BCUT2D eigenvalue weighted by atomic mass is 9.89. The van der Waals surface area contributed by atoms with Crippen LogP contribution in [0.25, 0.3) is 0 Å². The minimum absolute atomic E-state index is 0.378. The van der Waals surface area contributed by atoms with E-state index in [4.69, 9.17) is 0 Å². The topological polar surface area (TPSA) is 32.3 Å². The van der Waals surface area contributed by atoms with Gasteiger partial charge in [-0.2, -0.15) is 0 Å². The lowest BCUT2D eigenvalue weighted by molar-refractivity contribution is 0.00530. The van der Waals surface area contributed by atoms with Crippen molar-refractivity contribution in [3.05, 3.63) is 0 Å². The van der Waals surface area contributed by atoms with Crippen molar-refractivity contribution in [2.24, 2.45) is 5.92 Å². The molecule has 2 atom stereocenters. The molecule has 2 nitrogen and oxygen atoms in total. The molecule has 0 heterocycles. The van der Waals surface area contributed by atoms with Gasteiger partial charge in [0.25, 0.3) is 0 Å². The van der Waals surface area contributed by atoms with E-state index in [-0.39, 0.29) is 0 Å². The molecule has 0 aromatic heterocycles. The summed E-state index contributed by atoms with van der Waals surface area (Å²) in [5.74, 6) is 0.378. The van der Waals surface area contributed by atoms with Gasteiger partial charge in [-0.1, -0.05) is 20.3 Å². The Hall–Kier alpha value is -0.0800. The van der Waals surface area contributed by atoms with Crippen LogP contribution in [0.3, 0.4) is 0 Å². The Morgan fingerprint density at radius 1 is 1.58 bits per heavy atom. The molecule has 72 valence electrons. The molecular formula is C10H21NO. The van der Waals surface area contributed by atoms with E-state index in [2.05, 4.69) is 19.2 Å². The van der Waals surface area contributed by atoms with Crippen LogP contribution in [0.15, 0.2) is 0 Å². The number of aliphatic hydroxyl groups is 1. The van der Waals surface area contributed by atoms with Gasteiger partial charge in [0.15, 0.2) is 0 Å². The van der Waals surface area contributed by atoms with Gasteiger partial charge >= 0.3 is 0 Å². The summed E-state index contributed by atoms with van der Waals surface area (Å²) in [4.78, 5) is 0. The molecule has 1 aliphatic rings. The summed E-state index contributed by atoms with van der Waals surface area (Å²) in [6.07, 6.45) is 3.62. The standard InChI is InChI=1S/C10H21NO/c1-4-8(2)10(3,12)7-11-9-5-6-9/h8-9,11-12H,4-7H2,1-3H3. The predicted molar refractivity (Wildman–Crippen MR) is 51.1 cm³/mol. The minimum atomic E-state index is -0.530. The Balaban J connectivity index is 2.24. The second-order valence-electron chi connectivity index (χ2n) is 4.32. The highest BCUT2D eigenvalue weighted by Gasteiger charge is 2.30. The maximum atomic E-state index is 10.00. The quantitative estimate of drug-likeness (QED) is 0.657. The zero-order valence-electron chi connectivity index (χ0n) is 8.43. The third-order valence-corrected chi connectivity index (χ3v) is 3.00. The van der Waals surface area contributed by atoms with Crippen LogP contribution in [0.4, 0.5) is 0 Å². The van der Waals surface area contributed by atoms with Gasteiger partial charge < -0.3 is 10.4 Å². The SMILES string of the molecule is CCC(C)C(C)(O)CNC1CC1. The van der Waals surface area contributed by atoms with E-state index >= 15 is 0 Å². The van der Waals surface area contributed by atoms with Gasteiger partial charge in [0, 0.05) is 12.6 Å². The zero-order chi connectivity index (χ0) is 9.19. The first kappa shape index (κ1) is 10.0. The third-order valence-electron chi connectivity index (χ3n) is 3.00. The molecule has 0 saturated heterocycles. The molecule has 0 aromatic carbocycles. The Bertz CT molecular complexity index is 141. The van der Waals surface area contributed by atoms with Gasteiger partial charge in [0.05, 0.1) is 5.60 Å². The highest BCUT2D eigenvalue weighted by Crippen LogP contribution is 2.23. The molecule has 1 rings (SSSR count). The Labute approximate surface area is 75.4 Å². The van der Waals surface area contributed by atoms with Crippen LogP contribution in [0.2, 0.25) is 0 Å². The second-order valence-corrected chi connectivity index (χ2v) is 4.32. The molecule has 0 amide bonds. The van der Waals surface area contributed by atoms with E-state index in [1.165, 1.54) is 12.8 Å². The van der Waals surface area contributed by atoms with Crippen LogP contribution >= 0.6 is 0 Å². The van der Waals surface area contributed by atoms with E-state index in [1.54, 1.807) is 0 Å². The molecule has 0 aliphatic heterocycles. The summed E-state index contributed by atoms with van der Waals surface area (Å²) in [6, 6.07) is 0.695. The molecule has 0 radical (unpaired) electrons. The lowest BCUT2D eigenvalue weighted by Gasteiger charge is -2.29. The van der Waals surface area contributed by atoms with Crippen molar-refractivity contribution in [1.29, 1.82) is 0 Å². The van der Waals surface area contributed by atoms with Crippen molar-refractivity contribution in [1.82, 2.24) is 5.32 Å². The van der Waals surface area contributed by atoms with Crippen LogP contribution < -0.4 is 5.32 Å². The van der Waals surface area contributed by atoms with Gasteiger partial charge in [-0.3, -0.25) is 0 Å². The first-order chi connectivity index (χ1) is 5.56. The average molecular weight is 171 g/mol. The van der Waals surface area contributed by atoms with E-state index in [0.29, 0.717) is 12.0 Å². The first-order valence-corrected chi connectivity index (χ1v) is 5.02. The van der Waals surface area contributed by atoms with Crippen molar-refractivity contribution in [3.8, 4) is 0 Å². The van der Waals surface area contributed by atoms with Gasteiger partial charge in [-0.15, -0.1) is 0 Å². The van der Waals surface area contributed by atoms with Gasteiger partial charge in [-0.25, -0.2) is 0 Å². The van der Waals surface area contributed by atoms with Crippen LogP contribution in [0.5, 0.6) is 0 Å². The Morgan fingerprint density at radius 2 is 2.17 bits per heavy atom. The third kappa shape index (κ3) is 2.76. The number of nitrogens with one attached hydrogen (secondary N) is 1. The molecule has 12 heavy (non-hydrogen) atoms. The summed E-state index contributed by atoms with van der Waals surface area (Å²) in [5.41, 5.74) is -0.530. The Kier molecular flexibility index (Phi) is 3.13. The van der Waals surface area contributed by atoms with E-state index in [1.807, 2.05) is 6.92 Å². The molecule has 2 unspecified atom stereocenters. The van der Waals surface area contributed by atoms with Crippen molar-refractivity contribution >= 4 is 0 Å². The van der Waals surface area contributed by atoms with Gasteiger partial charge in [0.1, 0.15) is 0 Å². The molecular weight excluding hydrogens is 150 g/mol. The summed E-state index contributed by atoms with van der Waals surface area (Å²) < 4.78 is 0. The molecule has 2 N–H and O–H groups in total. The fourth-order valence-electron chi connectivity index (χ4n) is 1.25. The molecule has 1 fully saturated rings. The van der Waals surface area contributed by atoms with Crippen LogP contribution in [-0.2, 0) is 0 Å². The number of rotatable bonds is 5.